The van der Waals surface area contributed by atoms with Crippen molar-refractivity contribution in [1.29, 1.82) is 0 Å². The van der Waals surface area contributed by atoms with Gasteiger partial charge in [-0.2, -0.15) is 5.10 Å². The first-order valence-corrected chi connectivity index (χ1v) is 6.68. The zero-order valence-electron chi connectivity index (χ0n) is 8.76. The molecule has 0 unspecified atom stereocenters. The van der Waals surface area contributed by atoms with Crippen LogP contribution in [0.5, 0.6) is 0 Å². The third-order valence-electron chi connectivity index (χ3n) is 2.01. The van der Waals surface area contributed by atoms with Crippen molar-refractivity contribution >= 4 is 9.84 Å². The zero-order chi connectivity index (χ0) is 11.3. The molecule has 1 heterocycles. The van der Waals surface area contributed by atoms with Gasteiger partial charge in [0.15, 0.2) is 9.84 Å². The topological polar surface area (TPSA) is 90.9 Å². The van der Waals surface area contributed by atoms with Crippen LogP contribution in [0.1, 0.15) is 19.2 Å². The Balaban J connectivity index is 2.57. The summed E-state index contributed by atoms with van der Waals surface area (Å²) in [6.07, 6.45) is 2.03. The summed E-state index contributed by atoms with van der Waals surface area (Å²) in [6.45, 7) is 2.45. The first-order chi connectivity index (χ1) is 7.09. The normalized spacial score (nSPS) is 11.9. The molecule has 6 nitrogen and oxygen atoms in total. The molecule has 0 atom stereocenters. The molecule has 7 heteroatoms. The molecule has 0 saturated heterocycles. The van der Waals surface area contributed by atoms with Gasteiger partial charge in [-0.25, -0.2) is 18.1 Å². The van der Waals surface area contributed by atoms with Crippen molar-refractivity contribution in [2.75, 3.05) is 11.5 Å². The molecule has 0 radical (unpaired) electrons. The second-order valence-corrected chi connectivity index (χ2v) is 5.56. The van der Waals surface area contributed by atoms with Crippen LogP contribution in [0.25, 0.3) is 0 Å². The van der Waals surface area contributed by atoms with Crippen LogP contribution in [0.2, 0.25) is 0 Å². The molecule has 0 saturated carbocycles. The van der Waals surface area contributed by atoms with Crippen molar-refractivity contribution in [3.63, 3.8) is 0 Å². The summed E-state index contributed by atoms with van der Waals surface area (Å²) >= 11 is 0. The highest BCUT2D eigenvalue weighted by molar-refractivity contribution is 7.91. The van der Waals surface area contributed by atoms with Gasteiger partial charge in [-0.3, -0.25) is 0 Å². The molecule has 0 aliphatic rings. The van der Waals surface area contributed by atoms with E-state index in [0.717, 1.165) is 0 Å². The summed E-state index contributed by atoms with van der Waals surface area (Å²) in [5.74, 6) is 0.929. The molecule has 86 valence electrons. The molecule has 0 spiro atoms. The van der Waals surface area contributed by atoms with Crippen LogP contribution in [0.4, 0.5) is 0 Å². The molecule has 1 aromatic heterocycles. The van der Waals surface area contributed by atoms with Gasteiger partial charge >= 0.3 is 0 Å². The first kappa shape index (κ1) is 12.1. The van der Waals surface area contributed by atoms with E-state index in [4.69, 9.17) is 5.73 Å². The average Bonchev–Trinajstić information content (AvgIpc) is 2.62. The van der Waals surface area contributed by atoms with Crippen LogP contribution in [0.15, 0.2) is 6.33 Å². The molecule has 0 aliphatic carbocycles. The zero-order valence-corrected chi connectivity index (χ0v) is 9.57. The van der Waals surface area contributed by atoms with E-state index in [1.807, 2.05) is 6.92 Å². The van der Waals surface area contributed by atoms with Crippen molar-refractivity contribution in [2.45, 2.75) is 26.4 Å². The summed E-state index contributed by atoms with van der Waals surface area (Å²) in [5.41, 5.74) is 5.42. The number of sulfone groups is 1. The summed E-state index contributed by atoms with van der Waals surface area (Å²) < 4.78 is 24.4. The number of nitrogens with zero attached hydrogens (tertiary/aromatic N) is 3. The van der Waals surface area contributed by atoms with Crippen molar-refractivity contribution in [2.24, 2.45) is 5.73 Å². The van der Waals surface area contributed by atoms with E-state index in [9.17, 15) is 8.42 Å². The van der Waals surface area contributed by atoms with E-state index in [1.54, 1.807) is 0 Å². The molecule has 0 bridgehead atoms. The van der Waals surface area contributed by atoms with Crippen molar-refractivity contribution in [3.8, 4) is 0 Å². The highest BCUT2D eigenvalue weighted by Crippen LogP contribution is 1.98. The summed E-state index contributed by atoms with van der Waals surface area (Å²) in [7, 11) is -2.96. The molecule has 0 amide bonds. The Kier molecular flexibility index (Phi) is 4.22. The van der Waals surface area contributed by atoms with E-state index in [0.29, 0.717) is 18.8 Å². The Labute approximate surface area is 89.4 Å². The maximum atomic E-state index is 11.4. The van der Waals surface area contributed by atoms with E-state index in [-0.39, 0.29) is 18.1 Å². The van der Waals surface area contributed by atoms with Crippen molar-refractivity contribution in [3.05, 3.63) is 12.2 Å². The molecule has 0 fully saturated rings. The number of hydrogen-bond acceptors (Lipinski definition) is 5. The Morgan fingerprint density at radius 2 is 2.20 bits per heavy atom. The largest absolute Gasteiger partial charge is 0.324 e. The fraction of sp³-hybridized carbons (Fsp3) is 0.750. The number of rotatable bonds is 6. The van der Waals surface area contributed by atoms with E-state index in [1.165, 1.54) is 11.0 Å². The van der Waals surface area contributed by atoms with E-state index < -0.39 is 9.84 Å². The fourth-order valence-electron chi connectivity index (χ4n) is 1.27. The average molecular weight is 232 g/mol. The molecule has 2 N–H and O–H groups in total. The maximum absolute atomic E-state index is 11.4. The lowest BCUT2D eigenvalue weighted by molar-refractivity contribution is 0.571. The van der Waals surface area contributed by atoms with Crippen LogP contribution < -0.4 is 5.73 Å². The van der Waals surface area contributed by atoms with Gasteiger partial charge in [0.25, 0.3) is 0 Å². The first-order valence-electron chi connectivity index (χ1n) is 4.86. The summed E-state index contributed by atoms with van der Waals surface area (Å²) in [4.78, 5) is 3.91. The predicted molar refractivity (Wildman–Crippen MR) is 56.9 cm³/mol. The number of aromatic nitrogens is 3. The molecule has 1 aromatic rings. The molecular formula is C8H16N4O2S. The molecule has 0 aliphatic heterocycles. The minimum Gasteiger partial charge on any atom is -0.324 e. The van der Waals surface area contributed by atoms with Gasteiger partial charge in [0.2, 0.25) is 0 Å². The Morgan fingerprint density at radius 3 is 2.80 bits per heavy atom. The van der Waals surface area contributed by atoms with E-state index >= 15 is 0 Å². The quantitative estimate of drug-likeness (QED) is 0.718. The van der Waals surface area contributed by atoms with Crippen LogP contribution in [0, 0.1) is 0 Å². The number of hydrogen-bond donors (Lipinski definition) is 1. The van der Waals surface area contributed by atoms with Crippen LogP contribution in [0.3, 0.4) is 0 Å². The van der Waals surface area contributed by atoms with Gasteiger partial charge in [-0.15, -0.1) is 0 Å². The lowest BCUT2D eigenvalue weighted by Crippen LogP contribution is -2.19. The molecular weight excluding hydrogens is 216 g/mol. The SMILES string of the molecule is CCCS(=O)(=O)CCn1ncnc1CN. The highest BCUT2D eigenvalue weighted by Gasteiger charge is 2.11. The molecule has 15 heavy (non-hydrogen) atoms. The minimum atomic E-state index is -2.96. The second kappa shape index (κ2) is 5.22. The van der Waals surface area contributed by atoms with Gasteiger partial charge in [-0.1, -0.05) is 6.92 Å². The van der Waals surface area contributed by atoms with Gasteiger partial charge in [-0.05, 0) is 6.42 Å². The van der Waals surface area contributed by atoms with Gasteiger partial charge in [0.05, 0.1) is 18.8 Å². The Hall–Kier alpha value is -0.950. The second-order valence-electron chi connectivity index (χ2n) is 3.26. The lowest BCUT2D eigenvalue weighted by atomic mass is 10.6. The molecule has 0 aromatic carbocycles. The number of aryl methyl sites for hydroxylation is 1. The fourth-order valence-corrected chi connectivity index (χ4v) is 2.55. The summed E-state index contributed by atoms with van der Waals surface area (Å²) in [5, 5.41) is 3.91. The highest BCUT2D eigenvalue weighted by atomic mass is 32.2. The third kappa shape index (κ3) is 3.60. The Morgan fingerprint density at radius 1 is 1.47 bits per heavy atom. The van der Waals surface area contributed by atoms with Crippen molar-refractivity contribution < 1.29 is 8.42 Å². The van der Waals surface area contributed by atoms with Crippen LogP contribution >= 0.6 is 0 Å². The monoisotopic (exact) mass is 232 g/mol. The lowest BCUT2D eigenvalue weighted by Gasteiger charge is -2.04. The van der Waals surface area contributed by atoms with Gasteiger partial charge in [0.1, 0.15) is 12.2 Å². The number of nitrogens with two attached hydrogens (primary N) is 1. The standard InChI is InChI=1S/C8H16N4O2S/c1-2-4-15(13,14)5-3-12-8(6-9)10-7-11-12/h7H,2-6,9H2,1H3. The smallest absolute Gasteiger partial charge is 0.152 e. The van der Waals surface area contributed by atoms with Gasteiger partial charge in [0, 0.05) is 5.75 Å². The van der Waals surface area contributed by atoms with Crippen LogP contribution in [-0.4, -0.2) is 34.7 Å². The molecule has 1 rings (SSSR count). The van der Waals surface area contributed by atoms with Crippen LogP contribution in [-0.2, 0) is 22.9 Å². The Bertz CT molecular complexity index is 399. The summed E-state index contributed by atoms with van der Waals surface area (Å²) in [6, 6.07) is 0. The van der Waals surface area contributed by atoms with Gasteiger partial charge < -0.3 is 5.73 Å². The predicted octanol–water partition coefficient (Wildman–Crippen LogP) is -0.438. The van der Waals surface area contributed by atoms with Crippen molar-refractivity contribution in [1.82, 2.24) is 14.8 Å². The minimum absolute atomic E-state index is 0.0944. The van der Waals surface area contributed by atoms with E-state index in [2.05, 4.69) is 10.1 Å². The third-order valence-corrected chi connectivity index (χ3v) is 3.84. The maximum Gasteiger partial charge on any atom is 0.152 e.